The third-order valence-electron chi connectivity index (χ3n) is 4.94. The molecule has 168 valence electrons. The second-order valence-electron chi connectivity index (χ2n) is 7.56. The first-order valence-electron chi connectivity index (χ1n) is 10.1. The van der Waals surface area contributed by atoms with Crippen molar-refractivity contribution >= 4 is 17.4 Å². The Labute approximate surface area is 185 Å². The second kappa shape index (κ2) is 10.2. The molecule has 1 heterocycles. The van der Waals surface area contributed by atoms with Gasteiger partial charge in [0.25, 0.3) is 0 Å². The SMILES string of the molecule is CN(C)c1ccc(CN(CCc2ccccn2)C(=O)Nc2ccc(C(F)(F)F)cc2)cc1. The highest BCUT2D eigenvalue weighted by atomic mass is 19.4. The summed E-state index contributed by atoms with van der Waals surface area (Å²) in [6.45, 7) is 0.756. The molecule has 0 aliphatic heterocycles. The Morgan fingerprint density at radius 1 is 0.969 bits per heavy atom. The monoisotopic (exact) mass is 442 g/mol. The highest BCUT2D eigenvalue weighted by Crippen LogP contribution is 2.29. The summed E-state index contributed by atoms with van der Waals surface area (Å²) in [5.41, 5.74) is 2.38. The Bertz CT molecular complexity index is 1000. The average Bonchev–Trinajstić information content (AvgIpc) is 2.77. The number of halogens is 3. The summed E-state index contributed by atoms with van der Waals surface area (Å²) in [4.78, 5) is 20.9. The maximum absolute atomic E-state index is 13.0. The number of hydrogen-bond acceptors (Lipinski definition) is 3. The van der Waals surface area contributed by atoms with Gasteiger partial charge >= 0.3 is 12.2 Å². The van der Waals surface area contributed by atoms with Gasteiger partial charge in [-0.1, -0.05) is 18.2 Å². The Hall–Kier alpha value is -3.55. The van der Waals surface area contributed by atoms with Gasteiger partial charge in [0.15, 0.2) is 0 Å². The standard InChI is InChI=1S/C24H25F3N4O/c1-30(2)22-12-6-18(7-13-22)17-31(16-14-20-5-3-4-15-28-20)23(32)29-21-10-8-19(9-11-21)24(25,26)27/h3-13,15H,14,16-17H2,1-2H3,(H,29,32). The molecule has 0 unspecified atom stereocenters. The van der Waals surface area contributed by atoms with Gasteiger partial charge in [-0.2, -0.15) is 13.2 Å². The molecule has 0 bridgehead atoms. The highest BCUT2D eigenvalue weighted by Gasteiger charge is 2.30. The van der Waals surface area contributed by atoms with E-state index in [0.29, 0.717) is 25.2 Å². The summed E-state index contributed by atoms with van der Waals surface area (Å²) in [7, 11) is 3.90. The molecular weight excluding hydrogens is 417 g/mol. The van der Waals surface area contributed by atoms with Crippen LogP contribution >= 0.6 is 0 Å². The Balaban J connectivity index is 1.73. The molecule has 3 rings (SSSR count). The number of urea groups is 1. The molecule has 0 fully saturated rings. The van der Waals surface area contributed by atoms with Crippen LogP contribution < -0.4 is 10.2 Å². The number of nitrogens with one attached hydrogen (secondary N) is 1. The van der Waals surface area contributed by atoms with E-state index in [1.54, 1.807) is 11.1 Å². The summed E-state index contributed by atoms with van der Waals surface area (Å²) in [6.07, 6.45) is -2.17. The Morgan fingerprint density at radius 2 is 1.66 bits per heavy atom. The maximum Gasteiger partial charge on any atom is 0.416 e. The van der Waals surface area contributed by atoms with E-state index in [9.17, 15) is 18.0 Å². The van der Waals surface area contributed by atoms with Gasteiger partial charge in [-0.3, -0.25) is 4.98 Å². The lowest BCUT2D eigenvalue weighted by molar-refractivity contribution is -0.137. The summed E-state index contributed by atoms with van der Waals surface area (Å²) < 4.78 is 38.4. The molecule has 0 aliphatic rings. The minimum absolute atomic E-state index is 0.300. The van der Waals surface area contributed by atoms with E-state index in [-0.39, 0.29) is 0 Å². The van der Waals surface area contributed by atoms with Gasteiger partial charge in [-0.05, 0) is 54.1 Å². The fraction of sp³-hybridized carbons (Fsp3) is 0.250. The zero-order valence-corrected chi connectivity index (χ0v) is 17.9. The quantitative estimate of drug-likeness (QED) is 0.530. The molecule has 0 spiro atoms. The predicted molar refractivity (Wildman–Crippen MR) is 120 cm³/mol. The molecule has 3 aromatic rings. The van der Waals surface area contributed by atoms with Crippen molar-refractivity contribution in [3.8, 4) is 0 Å². The smallest absolute Gasteiger partial charge is 0.378 e. The van der Waals surface area contributed by atoms with Crippen molar-refractivity contribution in [1.29, 1.82) is 0 Å². The van der Waals surface area contributed by atoms with Crippen molar-refractivity contribution < 1.29 is 18.0 Å². The first kappa shape index (κ1) is 23.1. The lowest BCUT2D eigenvalue weighted by atomic mass is 10.1. The molecule has 0 atom stereocenters. The summed E-state index contributed by atoms with van der Waals surface area (Å²) >= 11 is 0. The third kappa shape index (κ3) is 6.47. The molecule has 8 heteroatoms. The van der Waals surface area contributed by atoms with Crippen LogP contribution in [0, 0.1) is 0 Å². The topological polar surface area (TPSA) is 48.5 Å². The minimum atomic E-state index is -4.42. The summed E-state index contributed by atoms with van der Waals surface area (Å²) in [5, 5.41) is 2.70. The first-order valence-corrected chi connectivity index (χ1v) is 10.1. The van der Waals surface area contributed by atoms with E-state index in [4.69, 9.17) is 0 Å². The van der Waals surface area contributed by atoms with E-state index < -0.39 is 17.8 Å². The van der Waals surface area contributed by atoms with Gasteiger partial charge in [0.1, 0.15) is 0 Å². The molecule has 1 N–H and O–H groups in total. The molecule has 0 saturated heterocycles. The Morgan fingerprint density at radius 3 is 2.22 bits per heavy atom. The van der Waals surface area contributed by atoms with Crippen LogP contribution in [0.25, 0.3) is 0 Å². The zero-order valence-electron chi connectivity index (χ0n) is 17.9. The van der Waals surface area contributed by atoms with Crippen LogP contribution in [0.5, 0.6) is 0 Å². The molecule has 0 saturated carbocycles. The van der Waals surface area contributed by atoms with Crippen LogP contribution in [0.2, 0.25) is 0 Å². The largest absolute Gasteiger partial charge is 0.416 e. The number of carbonyl (C=O) groups is 1. The fourth-order valence-corrected chi connectivity index (χ4v) is 3.11. The number of aromatic nitrogens is 1. The van der Waals surface area contributed by atoms with Gasteiger partial charge < -0.3 is 15.1 Å². The summed E-state index contributed by atoms with van der Waals surface area (Å²) in [6, 6.07) is 17.5. The second-order valence-corrected chi connectivity index (χ2v) is 7.56. The van der Waals surface area contributed by atoms with E-state index in [1.165, 1.54) is 12.1 Å². The fourth-order valence-electron chi connectivity index (χ4n) is 3.11. The van der Waals surface area contributed by atoms with Crippen LogP contribution in [0.1, 0.15) is 16.8 Å². The molecule has 32 heavy (non-hydrogen) atoms. The predicted octanol–water partition coefficient (Wildman–Crippen LogP) is 5.44. The molecule has 1 aromatic heterocycles. The first-order chi connectivity index (χ1) is 15.2. The number of pyridine rings is 1. The number of rotatable bonds is 7. The Kier molecular flexibility index (Phi) is 7.35. The number of benzene rings is 2. The number of anilines is 2. The number of alkyl halides is 3. The van der Waals surface area contributed by atoms with Crippen LogP contribution in [0.3, 0.4) is 0 Å². The van der Waals surface area contributed by atoms with Crippen molar-refractivity contribution in [2.75, 3.05) is 30.9 Å². The van der Waals surface area contributed by atoms with Crippen LogP contribution in [-0.4, -0.2) is 36.6 Å². The van der Waals surface area contributed by atoms with Gasteiger partial charge in [0.2, 0.25) is 0 Å². The van der Waals surface area contributed by atoms with E-state index >= 15 is 0 Å². The van der Waals surface area contributed by atoms with Crippen molar-refractivity contribution in [1.82, 2.24) is 9.88 Å². The summed E-state index contributed by atoms with van der Waals surface area (Å²) in [5.74, 6) is 0. The average molecular weight is 442 g/mol. The number of nitrogens with zero attached hydrogens (tertiary/aromatic N) is 3. The molecule has 5 nitrogen and oxygen atoms in total. The van der Waals surface area contributed by atoms with Crippen LogP contribution in [-0.2, 0) is 19.1 Å². The molecule has 2 amide bonds. The number of amides is 2. The molecular formula is C24H25F3N4O. The van der Waals surface area contributed by atoms with Gasteiger partial charge in [0.05, 0.1) is 5.56 Å². The zero-order chi connectivity index (χ0) is 23.1. The molecule has 2 aromatic carbocycles. The van der Waals surface area contributed by atoms with Gasteiger partial charge in [-0.15, -0.1) is 0 Å². The van der Waals surface area contributed by atoms with E-state index in [1.807, 2.05) is 61.5 Å². The highest BCUT2D eigenvalue weighted by molar-refractivity contribution is 5.89. The van der Waals surface area contributed by atoms with Crippen molar-refractivity contribution in [3.05, 3.63) is 89.7 Å². The van der Waals surface area contributed by atoms with Crippen LogP contribution in [0.15, 0.2) is 72.9 Å². The van der Waals surface area contributed by atoms with Crippen molar-refractivity contribution in [2.45, 2.75) is 19.1 Å². The third-order valence-corrected chi connectivity index (χ3v) is 4.94. The van der Waals surface area contributed by atoms with Crippen molar-refractivity contribution in [2.24, 2.45) is 0 Å². The van der Waals surface area contributed by atoms with Crippen LogP contribution in [0.4, 0.5) is 29.3 Å². The normalized spacial score (nSPS) is 11.2. The van der Waals surface area contributed by atoms with Crippen molar-refractivity contribution in [3.63, 3.8) is 0 Å². The van der Waals surface area contributed by atoms with E-state index in [0.717, 1.165) is 29.1 Å². The number of carbonyl (C=O) groups excluding carboxylic acids is 1. The maximum atomic E-state index is 13.0. The van der Waals surface area contributed by atoms with Gasteiger partial charge in [-0.25, -0.2) is 4.79 Å². The lowest BCUT2D eigenvalue weighted by Crippen LogP contribution is -2.36. The van der Waals surface area contributed by atoms with E-state index in [2.05, 4.69) is 10.3 Å². The lowest BCUT2D eigenvalue weighted by Gasteiger charge is -2.24. The van der Waals surface area contributed by atoms with Gasteiger partial charge in [0, 0.05) is 56.9 Å². The molecule has 0 radical (unpaired) electrons. The minimum Gasteiger partial charge on any atom is -0.378 e. The number of hydrogen-bond donors (Lipinski definition) is 1. The molecule has 0 aliphatic carbocycles.